The van der Waals surface area contributed by atoms with E-state index < -0.39 is 60.2 Å². The fraction of sp³-hybridized carbons (Fsp3) is 0.737. The van der Waals surface area contributed by atoms with Crippen LogP contribution in [-0.2, 0) is 24.0 Å². The van der Waals surface area contributed by atoms with Crippen LogP contribution in [0.15, 0.2) is 0 Å². The number of rotatable bonds is 13. The van der Waals surface area contributed by atoms with Gasteiger partial charge in [0.15, 0.2) is 0 Å². The average molecular weight is 431 g/mol. The van der Waals surface area contributed by atoms with E-state index in [1.807, 2.05) is 13.8 Å². The Hall–Kier alpha value is -2.69. The van der Waals surface area contributed by atoms with E-state index in [2.05, 4.69) is 16.0 Å². The Kier molecular flexibility index (Phi) is 11.6. The lowest BCUT2D eigenvalue weighted by Crippen LogP contribution is -2.57. The molecule has 0 fully saturated rings. The van der Waals surface area contributed by atoms with Gasteiger partial charge < -0.3 is 31.9 Å². The highest BCUT2D eigenvalue weighted by Crippen LogP contribution is 2.08. The van der Waals surface area contributed by atoms with Gasteiger partial charge in [-0.15, -0.1) is 0 Å². The molecule has 11 nitrogen and oxygen atoms in total. The van der Waals surface area contributed by atoms with E-state index >= 15 is 0 Å². The summed E-state index contributed by atoms with van der Waals surface area (Å²) in [4.78, 5) is 59.3. The highest BCUT2D eigenvalue weighted by Gasteiger charge is 2.30. The van der Waals surface area contributed by atoms with Crippen molar-refractivity contribution in [2.45, 2.75) is 78.0 Å². The molecule has 30 heavy (non-hydrogen) atoms. The molecule has 0 aliphatic carbocycles. The predicted molar refractivity (Wildman–Crippen MR) is 108 cm³/mol. The zero-order chi connectivity index (χ0) is 23.6. The van der Waals surface area contributed by atoms with Gasteiger partial charge in [-0.2, -0.15) is 0 Å². The van der Waals surface area contributed by atoms with E-state index in [-0.39, 0.29) is 24.7 Å². The van der Waals surface area contributed by atoms with Gasteiger partial charge in [-0.1, -0.05) is 27.7 Å². The zero-order valence-corrected chi connectivity index (χ0v) is 18.1. The molecule has 0 aromatic rings. The average Bonchev–Trinajstić information content (AvgIpc) is 2.62. The maximum Gasteiger partial charge on any atom is 0.325 e. The first kappa shape index (κ1) is 27.3. The van der Waals surface area contributed by atoms with Crippen molar-refractivity contribution in [2.24, 2.45) is 17.6 Å². The molecule has 0 radical (unpaired) electrons. The first-order chi connectivity index (χ1) is 13.8. The number of carbonyl (C=O) groups is 5. The van der Waals surface area contributed by atoms with Crippen LogP contribution in [0.5, 0.6) is 0 Å². The fourth-order valence-electron chi connectivity index (χ4n) is 2.46. The van der Waals surface area contributed by atoms with Crippen molar-refractivity contribution in [3.05, 3.63) is 0 Å². The standard InChI is InChI=1S/C19H34N4O7/c1-9(2)8-13(23-18(28)15(20)10(3)4)17(27)22-12(6-7-14(24)25)16(26)21-11(5)19(29)30/h9-13,15H,6-8,20H2,1-5H3,(H,21,26)(H,22,27)(H,23,28)(H,24,25)(H,29,30). The van der Waals surface area contributed by atoms with Crippen LogP contribution in [0.25, 0.3) is 0 Å². The molecule has 0 aliphatic rings. The molecular formula is C19H34N4O7. The normalized spacial score (nSPS) is 15.1. The van der Waals surface area contributed by atoms with Crippen molar-refractivity contribution in [1.82, 2.24) is 16.0 Å². The second-order valence-electron chi connectivity index (χ2n) is 8.02. The lowest BCUT2D eigenvalue weighted by Gasteiger charge is -2.26. The number of hydrogen-bond acceptors (Lipinski definition) is 6. The van der Waals surface area contributed by atoms with E-state index in [4.69, 9.17) is 15.9 Å². The quantitative estimate of drug-likeness (QED) is 0.224. The van der Waals surface area contributed by atoms with Crippen LogP contribution in [-0.4, -0.2) is 64.0 Å². The Bertz CT molecular complexity index is 636. The monoisotopic (exact) mass is 430 g/mol. The van der Waals surface area contributed by atoms with Gasteiger partial charge in [-0.05, 0) is 31.6 Å². The second kappa shape index (κ2) is 12.8. The van der Waals surface area contributed by atoms with Gasteiger partial charge in [0, 0.05) is 6.42 Å². The predicted octanol–water partition coefficient (Wildman–Crippen LogP) is -0.560. The van der Waals surface area contributed by atoms with Crippen LogP contribution < -0.4 is 21.7 Å². The van der Waals surface area contributed by atoms with E-state index in [9.17, 15) is 24.0 Å². The Morgan fingerprint density at radius 1 is 0.800 bits per heavy atom. The molecule has 0 saturated heterocycles. The molecule has 4 atom stereocenters. The van der Waals surface area contributed by atoms with Crippen LogP contribution in [0, 0.1) is 11.8 Å². The van der Waals surface area contributed by atoms with Crippen molar-refractivity contribution >= 4 is 29.7 Å². The van der Waals surface area contributed by atoms with Crippen molar-refractivity contribution < 1.29 is 34.2 Å². The minimum atomic E-state index is -1.28. The van der Waals surface area contributed by atoms with Crippen LogP contribution in [0.1, 0.15) is 53.9 Å². The molecule has 0 saturated carbocycles. The Balaban J connectivity index is 5.41. The third-order valence-corrected chi connectivity index (χ3v) is 4.37. The maximum atomic E-state index is 12.8. The molecule has 0 aliphatic heterocycles. The summed E-state index contributed by atoms with van der Waals surface area (Å²) in [6, 6.07) is -4.31. The molecule has 0 bridgehead atoms. The molecule has 3 amide bonds. The molecule has 0 aromatic heterocycles. The van der Waals surface area contributed by atoms with Crippen molar-refractivity contribution in [3.63, 3.8) is 0 Å². The van der Waals surface area contributed by atoms with Crippen LogP contribution >= 0.6 is 0 Å². The molecule has 4 unspecified atom stereocenters. The van der Waals surface area contributed by atoms with Crippen molar-refractivity contribution in [3.8, 4) is 0 Å². The summed E-state index contributed by atoms with van der Waals surface area (Å²) in [6.45, 7) is 8.46. The van der Waals surface area contributed by atoms with Crippen LogP contribution in [0.4, 0.5) is 0 Å². The Morgan fingerprint density at radius 3 is 1.73 bits per heavy atom. The number of aliphatic carboxylic acids is 2. The lowest BCUT2D eigenvalue weighted by atomic mass is 10.00. The minimum absolute atomic E-state index is 0.0228. The molecule has 0 heterocycles. The second-order valence-corrected chi connectivity index (χ2v) is 8.02. The number of nitrogens with two attached hydrogens (primary N) is 1. The zero-order valence-electron chi connectivity index (χ0n) is 18.1. The SMILES string of the molecule is CC(C)CC(NC(=O)C(N)C(C)C)C(=O)NC(CCC(=O)O)C(=O)NC(C)C(=O)O. The Labute approximate surface area is 176 Å². The van der Waals surface area contributed by atoms with E-state index in [0.29, 0.717) is 0 Å². The number of carbonyl (C=O) groups excluding carboxylic acids is 3. The summed E-state index contributed by atoms with van der Waals surface area (Å²) >= 11 is 0. The largest absolute Gasteiger partial charge is 0.481 e. The first-order valence-electron chi connectivity index (χ1n) is 9.87. The maximum absolute atomic E-state index is 12.8. The lowest BCUT2D eigenvalue weighted by molar-refractivity contribution is -0.142. The molecule has 0 aromatic carbocycles. The van der Waals surface area contributed by atoms with Gasteiger partial charge in [0.1, 0.15) is 18.1 Å². The molecule has 172 valence electrons. The van der Waals surface area contributed by atoms with Gasteiger partial charge >= 0.3 is 11.9 Å². The molecule has 11 heteroatoms. The summed E-state index contributed by atoms with van der Waals surface area (Å²) in [5, 5.41) is 25.1. The topological polar surface area (TPSA) is 188 Å². The highest BCUT2D eigenvalue weighted by molar-refractivity contribution is 5.94. The number of amides is 3. The third kappa shape index (κ3) is 10.2. The molecule has 0 rings (SSSR count). The van der Waals surface area contributed by atoms with Gasteiger partial charge in [0.2, 0.25) is 17.7 Å². The van der Waals surface area contributed by atoms with E-state index in [1.165, 1.54) is 6.92 Å². The van der Waals surface area contributed by atoms with Crippen LogP contribution in [0.2, 0.25) is 0 Å². The van der Waals surface area contributed by atoms with Crippen LogP contribution in [0.3, 0.4) is 0 Å². The van der Waals surface area contributed by atoms with Gasteiger partial charge in [-0.3, -0.25) is 24.0 Å². The summed E-state index contributed by atoms with van der Waals surface area (Å²) in [6.07, 6.45) is -0.395. The summed E-state index contributed by atoms with van der Waals surface area (Å²) < 4.78 is 0. The molecule has 7 N–H and O–H groups in total. The summed E-state index contributed by atoms with van der Waals surface area (Å²) in [7, 11) is 0. The first-order valence-corrected chi connectivity index (χ1v) is 9.87. The summed E-state index contributed by atoms with van der Waals surface area (Å²) in [5.41, 5.74) is 5.82. The fourth-order valence-corrected chi connectivity index (χ4v) is 2.46. The van der Waals surface area contributed by atoms with Gasteiger partial charge in [-0.25, -0.2) is 0 Å². The number of hydrogen-bond donors (Lipinski definition) is 6. The smallest absolute Gasteiger partial charge is 0.325 e. The van der Waals surface area contributed by atoms with Crippen molar-refractivity contribution in [2.75, 3.05) is 0 Å². The Morgan fingerprint density at radius 2 is 1.30 bits per heavy atom. The minimum Gasteiger partial charge on any atom is -0.481 e. The van der Waals surface area contributed by atoms with E-state index in [1.54, 1.807) is 13.8 Å². The summed E-state index contributed by atoms with van der Waals surface area (Å²) in [5.74, 6) is -4.61. The number of carboxylic acids is 2. The number of nitrogens with one attached hydrogen (secondary N) is 3. The highest BCUT2D eigenvalue weighted by atomic mass is 16.4. The van der Waals surface area contributed by atoms with Gasteiger partial charge in [0.25, 0.3) is 0 Å². The van der Waals surface area contributed by atoms with E-state index in [0.717, 1.165) is 0 Å². The van der Waals surface area contributed by atoms with Crippen molar-refractivity contribution in [1.29, 1.82) is 0 Å². The third-order valence-electron chi connectivity index (χ3n) is 4.37. The molecule has 0 spiro atoms. The molecular weight excluding hydrogens is 396 g/mol. The number of carboxylic acid groups (broad SMARTS) is 2. The van der Waals surface area contributed by atoms with Gasteiger partial charge in [0.05, 0.1) is 6.04 Å².